The number of carbonyl (C=O) groups is 3. The molecule has 3 fully saturated rings. The molecule has 0 radical (unpaired) electrons. The number of carbonyl (C=O) groups excluding carboxylic acids is 3. The molecule has 3 amide bonds. The molecule has 292 valence electrons. The van der Waals surface area contributed by atoms with Gasteiger partial charge in [0.2, 0.25) is 11.8 Å². The maximum absolute atomic E-state index is 13.4. The SMILES string of the molecule is CNc1cc(Nc2cccc(-c3ccc(CN4CCN(c5ccc6c(c5)n(C)c(=O)n6C5CCC(=O)NC5=O)CC4)cn3)c2)nn2c(C(=O)N[C@@H]3C[C@@H]3F)cnc12. The first-order valence-corrected chi connectivity index (χ1v) is 19.0. The van der Waals surface area contributed by atoms with E-state index in [0.29, 0.717) is 35.5 Å². The molecular formula is C40H41FN12O4. The van der Waals surface area contributed by atoms with Gasteiger partial charge >= 0.3 is 5.69 Å². The topological polar surface area (TPSA) is 176 Å². The predicted octanol–water partition coefficient (Wildman–Crippen LogP) is 3.37. The van der Waals surface area contributed by atoms with Gasteiger partial charge < -0.3 is 20.9 Å². The zero-order valence-corrected chi connectivity index (χ0v) is 31.4. The van der Waals surface area contributed by atoms with Crippen LogP contribution in [0, 0.1) is 0 Å². The summed E-state index contributed by atoms with van der Waals surface area (Å²) in [5, 5.41) is 16.1. The van der Waals surface area contributed by atoms with E-state index < -0.39 is 30.1 Å². The Hall–Kier alpha value is -6.62. The standard InChI is InChI=1S/C40H41FN12O4/c1-42-30-19-35(48-53-34(21-44-37(30)53)39(56)46-29-18-27(29)41)45-25-5-3-4-24(16-25)28-8-6-23(20-43-28)22-50-12-14-51(15-13-50)26-7-9-31-33(17-26)49(2)40(57)52(31)32-10-11-36(54)47-38(32)55/h3-9,16-17,19-21,27,29,32,42H,10-15,18,22H2,1-2H3,(H,45,48)(H,46,56)(H,47,54,55)/t27-,29+,32?/m0/s1. The number of rotatable bonds is 10. The second kappa shape index (κ2) is 14.5. The summed E-state index contributed by atoms with van der Waals surface area (Å²) >= 11 is 0. The number of pyridine rings is 1. The summed E-state index contributed by atoms with van der Waals surface area (Å²) in [6.45, 7) is 4.08. The number of piperidine rings is 1. The lowest BCUT2D eigenvalue weighted by Gasteiger charge is -2.36. The molecule has 2 aromatic carbocycles. The first-order valence-electron chi connectivity index (χ1n) is 19.0. The Labute approximate surface area is 325 Å². The number of imidazole rings is 2. The molecule has 2 aliphatic heterocycles. The number of alkyl halides is 1. The van der Waals surface area contributed by atoms with Crippen LogP contribution in [0.2, 0.25) is 0 Å². The van der Waals surface area contributed by atoms with E-state index in [-0.39, 0.29) is 23.7 Å². The van der Waals surface area contributed by atoms with Gasteiger partial charge in [-0.3, -0.25) is 38.7 Å². The molecule has 4 aromatic heterocycles. The molecule has 57 heavy (non-hydrogen) atoms. The highest BCUT2D eigenvalue weighted by Gasteiger charge is 2.39. The number of anilines is 4. The van der Waals surface area contributed by atoms with E-state index in [1.165, 1.54) is 15.3 Å². The number of fused-ring (bicyclic) bond motifs is 2. The fraction of sp³-hybridized carbons (Fsp3) is 0.325. The summed E-state index contributed by atoms with van der Waals surface area (Å²) < 4.78 is 18.0. The number of halogens is 1. The highest BCUT2D eigenvalue weighted by molar-refractivity contribution is 6.00. The van der Waals surface area contributed by atoms with Crippen molar-refractivity contribution in [3.8, 4) is 11.3 Å². The zero-order valence-electron chi connectivity index (χ0n) is 31.4. The molecule has 1 saturated carbocycles. The van der Waals surface area contributed by atoms with Gasteiger partial charge in [-0.1, -0.05) is 18.2 Å². The number of imide groups is 1. The van der Waals surface area contributed by atoms with Crippen molar-refractivity contribution in [1.29, 1.82) is 0 Å². The number of hydrogen-bond acceptors (Lipinski definition) is 11. The predicted molar refractivity (Wildman–Crippen MR) is 212 cm³/mol. The van der Waals surface area contributed by atoms with E-state index in [4.69, 9.17) is 4.98 Å². The summed E-state index contributed by atoms with van der Waals surface area (Å²) in [7, 11) is 3.48. The average Bonchev–Trinajstić information content (AvgIpc) is 3.63. The van der Waals surface area contributed by atoms with Crippen molar-refractivity contribution in [3.63, 3.8) is 0 Å². The van der Waals surface area contributed by atoms with Crippen molar-refractivity contribution in [2.75, 3.05) is 48.8 Å². The second-order valence-corrected chi connectivity index (χ2v) is 14.8. The third kappa shape index (κ3) is 6.94. The number of amides is 3. The molecule has 17 heteroatoms. The second-order valence-electron chi connectivity index (χ2n) is 14.8. The zero-order chi connectivity index (χ0) is 39.4. The van der Waals surface area contributed by atoms with Gasteiger partial charge in [-0.25, -0.2) is 18.7 Å². The molecule has 0 bridgehead atoms. The molecule has 3 aliphatic rings. The van der Waals surface area contributed by atoms with Gasteiger partial charge in [0.1, 0.15) is 12.2 Å². The molecule has 6 heterocycles. The number of hydrogen-bond donors (Lipinski definition) is 4. The minimum Gasteiger partial charge on any atom is -0.385 e. The van der Waals surface area contributed by atoms with E-state index >= 15 is 0 Å². The van der Waals surface area contributed by atoms with Gasteiger partial charge in [0.05, 0.1) is 34.7 Å². The number of piperazine rings is 1. The lowest BCUT2D eigenvalue weighted by atomic mass is 10.1. The molecule has 4 N–H and O–H groups in total. The molecule has 16 nitrogen and oxygen atoms in total. The van der Waals surface area contributed by atoms with Gasteiger partial charge in [-0.05, 0) is 48.4 Å². The molecule has 9 rings (SSSR count). The smallest absolute Gasteiger partial charge is 0.329 e. The summed E-state index contributed by atoms with van der Waals surface area (Å²) in [4.78, 5) is 64.2. The molecule has 3 atom stereocenters. The molecule has 0 spiro atoms. The van der Waals surface area contributed by atoms with Crippen LogP contribution in [-0.4, -0.2) is 96.8 Å². The summed E-state index contributed by atoms with van der Waals surface area (Å²) in [5.74, 6) is -0.690. The van der Waals surface area contributed by atoms with Crippen molar-refractivity contribution in [3.05, 3.63) is 94.8 Å². The lowest BCUT2D eigenvalue weighted by molar-refractivity contribution is -0.135. The van der Waals surface area contributed by atoms with Crippen molar-refractivity contribution < 1.29 is 18.8 Å². The minimum absolute atomic E-state index is 0.202. The van der Waals surface area contributed by atoms with Crippen LogP contribution in [0.4, 0.5) is 27.3 Å². The molecule has 1 aliphatic carbocycles. The Bertz CT molecular complexity index is 2610. The third-order valence-electron chi connectivity index (χ3n) is 11.0. The number of benzene rings is 2. The van der Waals surface area contributed by atoms with Crippen molar-refractivity contribution in [2.45, 2.75) is 44.1 Å². The highest BCUT2D eigenvalue weighted by atomic mass is 19.1. The van der Waals surface area contributed by atoms with Crippen molar-refractivity contribution in [1.82, 2.24) is 44.2 Å². The fourth-order valence-corrected chi connectivity index (χ4v) is 7.72. The van der Waals surface area contributed by atoms with Crippen molar-refractivity contribution in [2.24, 2.45) is 7.05 Å². The van der Waals surface area contributed by atoms with E-state index in [0.717, 1.165) is 66.4 Å². The van der Waals surface area contributed by atoms with Crippen LogP contribution in [-0.2, 0) is 23.2 Å². The Morgan fingerprint density at radius 3 is 2.53 bits per heavy atom. The van der Waals surface area contributed by atoms with Gasteiger partial charge in [0.15, 0.2) is 17.2 Å². The van der Waals surface area contributed by atoms with Crippen LogP contribution in [0.25, 0.3) is 27.9 Å². The highest BCUT2D eigenvalue weighted by Crippen LogP contribution is 2.30. The quantitative estimate of drug-likeness (QED) is 0.150. The number of nitrogens with one attached hydrogen (secondary N) is 4. The third-order valence-corrected chi connectivity index (χ3v) is 11.0. The van der Waals surface area contributed by atoms with E-state index in [1.807, 2.05) is 60.8 Å². The van der Waals surface area contributed by atoms with Crippen LogP contribution in [0.3, 0.4) is 0 Å². The Kier molecular flexibility index (Phi) is 9.15. The molecule has 6 aromatic rings. The molecule has 2 saturated heterocycles. The van der Waals surface area contributed by atoms with Crippen LogP contribution in [0.15, 0.2) is 77.9 Å². The normalized spacial score (nSPS) is 19.8. The Morgan fingerprint density at radius 1 is 0.965 bits per heavy atom. The summed E-state index contributed by atoms with van der Waals surface area (Å²) in [5.41, 5.74) is 7.16. The monoisotopic (exact) mass is 772 g/mol. The Morgan fingerprint density at radius 2 is 1.79 bits per heavy atom. The number of aryl methyl sites for hydroxylation is 1. The first-order chi connectivity index (χ1) is 27.6. The first kappa shape index (κ1) is 36.0. The van der Waals surface area contributed by atoms with Gasteiger partial charge in [-0.15, -0.1) is 5.10 Å². The minimum atomic E-state index is -1.02. The Balaban J connectivity index is 0.835. The lowest BCUT2D eigenvalue weighted by Crippen LogP contribution is -2.46. The molecular weight excluding hydrogens is 732 g/mol. The number of aromatic nitrogens is 6. The fourth-order valence-electron chi connectivity index (χ4n) is 7.72. The van der Waals surface area contributed by atoms with Crippen molar-refractivity contribution >= 4 is 57.3 Å². The van der Waals surface area contributed by atoms with Gasteiger partial charge in [0.25, 0.3) is 5.91 Å². The van der Waals surface area contributed by atoms with E-state index in [2.05, 4.69) is 47.2 Å². The summed E-state index contributed by atoms with van der Waals surface area (Å²) in [6.07, 6.45) is 3.16. The van der Waals surface area contributed by atoms with Crippen LogP contribution >= 0.6 is 0 Å². The maximum Gasteiger partial charge on any atom is 0.329 e. The maximum atomic E-state index is 13.4. The van der Waals surface area contributed by atoms with Crippen LogP contribution < -0.4 is 31.9 Å². The average molecular weight is 773 g/mol. The van der Waals surface area contributed by atoms with E-state index in [1.54, 1.807) is 18.7 Å². The van der Waals surface area contributed by atoms with E-state index in [9.17, 15) is 23.6 Å². The van der Waals surface area contributed by atoms with Crippen LogP contribution in [0.1, 0.15) is 41.4 Å². The largest absolute Gasteiger partial charge is 0.385 e. The van der Waals surface area contributed by atoms with Gasteiger partial charge in [-0.2, -0.15) is 0 Å². The number of nitrogens with zero attached hydrogens (tertiary/aromatic N) is 8. The van der Waals surface area contributed by atoms with Crippen LogP contribution in [0.5, 0.6) is 0 Å². The molecule has 1 unspecified atom stereocenters. The van der Waals surface area contributed by atoms with Gasteiger partial charge in [0, 0.05) is 88.9 Å². The summed E-state index contributed by atoms with van der Waals surface area (Å²) in [6, 6.07) is 18.5.